The largest absolute Gasteiger partial charge is 0.303 e. The molecule has 1 aromatic carbocycles. The van der Waals surface area contributed by atoms with Gasteiger partial charge in [0.25, 0.3) is 0 Å². The second-order valence-electron chi connectivity index (χ2n) is 7.88. The number of hydrogen-bond donors (Lipinski definition) is 0. The van der Waals surface area contributed by atoms with Crippen LogP contribution in [-0.4, -0.2) is 50.3 Å². The summed E-state index contributed by atoms with van der Waals surface area (Å²) >= 11 is 0. The third kappa shape index (κ3) is 5.24. The summed E-state index contributed by atoms with van der Waals surface area (Å²) in [6.07, 6.45) is 4.25. The van der Waals surface area contributed by atoms with Crippen LogP contribution in [0, 0.1) is 23.5 Å². The zero-order valence-electron chi connectivity index (χ0n) is 15.3. The van der Waals surface area contributed by atoms with Gasteiger partial charge in [0, 0.05) is 32.2 Å². The lowest BCUT2D eigenvalue weighted by atomic mass is 9.94. The fraction of sp³-hybridized carbons (Fsp3) is 0.684. The highest BCUT2D eigenvalue weighted by molar-refractivity contribution is 7.88. The molecule has 2 saturated heterocycles. The summed E-state index contributed by atoms with van der Waals surface area (Å²) in [4.78, 5) is 2.51. The predicted octanol–water partition coefficient (Wildman–Crippen LogP) is 3.24. The molecule has 0 amide bonds. The number of sulfonamides is 1. The van der Waals surface area contributed by atoms with Crippen LogP contribution in [0.2, 0.25) is 0 Å². The van der Waals surface area contributed by atoms with Crippen LogP contribution in [0.15, 0.2) is 18.2 Å². The molecule has 0 saturated carbocycles. The number of benzene rings is 1. The zero-order chi connectivity index (χ0) is 18.7. The molecule has 0 aliphatic carbocycles. The Labute approximate surface area is 155 Å². The molecule has 2 heterocycles. The van der Waals surface area contributed by atoms with Gasteiger partial charge in [-0.1, -0.05) is 6.92 Å². The molecule has 4 nitrogen and oxygen atoms in total. The average molecular weight is 387 g/mol. The van der Waals surface area contributed by atoms with Crippen molar-refractivity contribution >= 4 is 10.0 Å². The summed E-state index contributed by atoms with van der Waals surface area (Å²) in [6, 6.07) is 2.93. The molecule has 146 valence electrons. The molecule has 3 rings (SSSR count). The normalized spacial score (nSPS) is 24.0. The monoisotopic (exact) mass is 386 g/mol. The zero-order valence-corrected chi connectivity index (χ0v) is 16.1. The van der Waals surface area contributed by atoms with Crippen LogP contribution < -0.4 is 0 Å². The first-order valence-corrected chi connectivity index (χ1v) is 11.1. The van der Waals surface area contributed by atoms with Gasteiger partial charge in [0.2, 0.25) is 10.0 Å². The maximum Gasteiger partial charge on any atom is 0.218 e. The molecule has 26 heavy (non-hydrogen) atoms. The van der Waals surface area contributed by atoms with E-state index in [1.807, 2.05) is 0 Å². The first kappa shape index (κ1) is 19.7. The highest BCUT2D eigenvalue weighted by atomic mass is 32.2. The second kappa shape index (κ2) is 8.31. The Hall–Kier alpha value is -1.05. The van der Waals surface area contributed by atoms with Crippen molar-refractivity contribution in [2.45, 2.75) is 38.4 Å². The third-order valence-corrected chi connectivity index (χ3v) is 7.35. The Bertz CT molecular complexity index is 698. The van der Waals surface area contributed by atoms with E-state index in [9.17, 15) is 17.2 Å². The van der Waals surface area contributed by atoms with E-state index < -0.39 is 21.7 Å². The maximum absolute atomic E-state index is 13.3. The number of halogens is 2. The van der Waals surface area contributed by atoms with Crippen LogP contribution in [0.5, 0.6) is 0 Å². The van der Waals surface area contributed by atoms with Crippen molar-refractivity contribution in [1.29, 1.82) is 0 Å². The van der Waals surface area contributed by atoms with Crippen LogP contribution in [0.3, 0.4) is 0 Å². The minimum atomic E-state index is -3.55. The van der Waals surface area contributed by atoms with Gasteiger partial charge < -0.3 is 4.90 Å². The molecule has 0 aromatic heterocycles. The fourth-order valence-corrected chi connectivity index (χ4v) is 5.72. The highest BCUT2D eigenvalue weighted by Gasteiger charge is 2.29. The van der Waals surface area contributed by atoms with Crippen molar-refractivity contribution in [3.63, 3.8) is 0 Å². The summed E-state index contributed by atoms with van der Waals surface area (Å²) < 4.78 is 53.2. The molecular formula is C19H28F2N2O2S. The smallest absolute Gasteiger partial charge is 0.218 e. The van der Waals surface area contributed by atoms with E-state index in [1.165, 1.54) is 17.1 Å². The number of likely N-dealkylation sites (tertiary alicyclic amines) is 1. The SMILES string of the molecule is C[C@H]1CCCN(CC2CCN(S(=O)(=O)Cc3cc(F)cc(F)c3)CC2)C1. The molecule has 2 aliphatic rings. The average Bonchev–Trinajstić information content (AvgIpc) is 2.54. The van der Waals surface area contributed by atoms with Crippen LogP contribution in [-0.2, 0) is 15.8 Å². The van der Waals surface area contributed by atoms with Gasteiger partial charge in [0.05, 0.1) is 5.75 Å². The van der Waals surface area contributed by atoms with Gasteiger partial charge in [-0.3, -0.25) is 0 Å². The van der Waals surface area contributed by atoms with Gasteiger partial charge in [-0.25, -0.2) is 21.5 Å². The lowest BCUT2D eigenvalue weighted by molar-refractivity contribution is 0.136. The molecule has 0 N–H and O–H groups in total. The summed E-state index contributed by atoms with van der Waals surface area (Å²) in [5.74, 6) is -0.570. The Balaban J connectivity index is 1.53. The van der Waals surface area contributed by atoms with Crippen molar-refractivity contribution in [2.24, 2.45) is 11.8 Å². The molecule has 0 spiro atoms. The van der Waals surface area contributed by atoms with Crippen molar-refractivity contribution in [3.8, 4) is 0 Å². The van der Waals surface area contributed by atoms with Crippen molar-refractivity contribution in [2.75, 3.05) is 32.7 Å². The Kier molecular flexibility index (Phi) is 6.30. The predicted molar refractivity (Wildman–Crippen MR) is 98.1 cm³/mol. The van der Waals surface area contributed by atoms with Crippen LogP contribution >= 0.6 is 0 Å². The molecule has 7 heteroatoms. The van der Waals surface area contributed by atoms with Gasteiger partial charge in [-0.2, -0.15) is 0 Å². The van der Waals surface area contributed by atoms with Crippen molar-refractivity contribution in [3.05, 3.63) is 35.4 Å². The quantitative estimate of drug-likeness (QED) is 0.780. The van der Waals surface area contributed by atoms with E-state index in [2.05, 4.69) is 11.8 Å². The number of piperidine rings is 2. The van der Waals surface area contributed by atoms with Gasteiger partial charge in [0.15, 0.2) is 0 Å². The van der Waals surface area contributed by atoms with Gasteiger partial charge >= 0.3 is 0 Å². The van der Waals surface area contributed by atoms with E-state index in [1.54, 1.807) is 0 Å². The van der Waals surface area contributed by atoms with E-state index in [4.69, 9.17) is 0 Å². The summed E-state index contributed by atoms with van der Waals surface area (Å²) in [5.41, 5.74) is 0.159. The molecule has 2 aliphatic heterocycles. The minimum Gasteiger partial charge on any atom is -0.303 e. The van der Waals surface area contributed by atoms with Crippen LogP contribution in [0.25, 0.3) is 0 Å². The summed E-state index contributed by atoms with van der Waals surface area (Å²) in [5, 5.41) is 0. The Morgan fingerprint density at radius 2 is 1.69 bits per heavy atom. The van der Waals surface area contributed by atoms with E-state index in [0.29, 0.717) is 19.0 Å². The molecule has 0 radical (unpaired) electrons. The molecule has 1 aromatic rings. The van der Waals surface area contributed by atoms with Crippen LogP contribution in [0.4, 0.5) is 8.78 Å². The topological polar surface area (TPSA) is 40.6 Å². The highest BCUT2D eigenvalue weighted by Crippen LogP contribution is 2.25. The first-order valence-electron chi connectivity index (χ1n) is 9.47. The van der Waals surface area contributed by atoms with Crippen LogP contribution in [0.1, 0.15) is 38.2 Å². The van der Waals surface area contributed by atoms with Crippen molar-refractivity contribution < 1.29 is 17.2 Å². The maximum atomic E-state index is 13.3. The lowest BCUT2D eigenvalue weighted by Gasteiger charge is -2.37. The molecular weight excluding hydrogens is 358 g/mol. The summed E-state index contributed by atoms with van der Waals surface area (Å²) in [6.45, 7) is 6.62. The second-order valence-corrected chi connectivity index (χ2v) is 9.85. The molecule has 2 fully saturated rings. The first-order chi connectivity index (χ1) is 12.3. The van der Waals surface area contributed by atoms with Gasteiger partial charge in [0.1, 0.15) is 11.6 Å². The summed E-state index contributed by atoms with van der Waals surface area (Å²) in [7, 11) is -3.55. The Morgan fingerprint density at radius 3 is 2.31 bits per heavy atom. The lowest BCUT2D eigenvalue weighted by Crippen LogP contribution is -2.43. The third-order valence-electron chi connectivity index (χ3n) is 5.50. The van der Waals surface area contributed by atoms with Gasteiger partial charge in [-0.15, -0.1) is 0 Å². The fourth-order valence-electron chi connectivity index (χ4n) is 4.18. The molecule has 0 bridgehead atoms. The van der Waals surface area contributed by atoms with E-state index in [0.717, 1.165) is 56.6 Å². The standard InChI is InChI=1S/C19H28F2N2O2S/c1-15-3-2-6-22(12-15)13-16-4-7-23(8-5-16)26(24,25)14-17-9-18(20)11-19(21)10-17/h9-11,15-16H,2-8,12-14H2,1H3/t15-/m0/s1. The number of hydrogen-bond acceptors (Lipinski definition) is 3. The van der Waals surface area contributed by atoms with Crippen molar-refractivity contribution in [1.82, 2.24) is 9.21 Å². The Morgan fingerprint density at radius 1 is 1.04 bits per heavy atom. The molecule has 1 atom stereocenters. The van der Waals surface area contributed by atoms with E-state index >= 15 is 0 Å². The number of rotatable bonds is 5. The number of nitrogens with zero attached hydrogens (tertiary/aromatic N) is 2. The minimum absolute atomic E-state index is 0.159. The van der Waals surface area contributed by atoms with Gasteiger partial charge in [-0.05, 0) is 61.8 Å². The van der Waals surface area contributed by atoms with E-state index in [-0.39, 0.29) is 11.3 Å². The molecule has 0 unspecified atom stereocenters.